The number of nitrogens with one attached hydrogen (secondary N) is 1. The Morgan fingerprint density at radius 2 is 2.07 bits per heavy atom. The molecular formula is C20H28N6O. The Labute approximate surface area is 160 Å². The maximum atomic E-state index is 12.6. The Balaban J connectivity index is 1.29. The van der Waals surface area contributed by atoms with Gasteiger partial charge < -0.3 is 10.2 Å². The van der Waals surface area contributed by atoms with Crippen LogP contribution in [0.3, 0.4) is 0 Å². The summed E-state index contributed by atoms with van der Waals surface area (Å²) in [6.07, 6.45) is 13.5. The lowest BCUT2D eigenvalue weighted by Gasteiger charge is -2.33. The largest absolute Gasteiger partial charge is 0.353 e. The lowest BCUT2D eigenvalue weighted by Crippen LogP contribution is -2.46. The molecule has 1 N–H and O–H groups in total. The summed E-state index contributed by atoms with van der Waals surface area (Å²) in [5, 5.41) is 7.85. The standard InChI is InChI=1S/C20H28N6O/c1-25-10-2-3-15(12-25)20(27)24-17-4-6-18(7-5-17)26-13-16(11-23-26)19-8-9-21-14-22-19/h8-9,11,13-15,17-18H,2-7,10,12H2,1H3,(H,24,27). The topological polar surface area (TPSA) is 75.9 Å². The molecule has 7 nitrogen and oxygen atoms in total. The molecule has 0 spiro atoms. The Hall–Kier alpha value is -2.28. The molecule has 144 valence electrons. The van der Waals surface area contributed by atoms with Crippen molar-refractivity contribution < 1.29 is 4.79 Å². The summed E-state index contributed by atoms with van der Waals surface area (Å²) >= 11 is 0. The first-order valence-corrected chi connectivity index (χ1v) is 9.98. The summed E-state index contributed by atoms with van der Waals surface area (Å²) in [4.78, 5) is 23.1. The van der Waals surface area contributed by atoms with E-state index >= 15 is 0 Å². The molecule has 3 heterocycles. The normalized spacial score (nSPS) is 26.6. The van der Waals surface area contributed by atoms with Gasteiger partial charge in [-0.3, -0.25) is 9.48 Å². The van der Waals surface area contributed by atoms with Crippen molar-refractivity contribution in [3.8, 4) is 11.3 Å². The summed E-state index contributed by atoms with van der Waals surface area (Å²) in [5.41, 5.74) is 1.92. The lowest BCUT2D eigenvalue weighted by atomic mass is 9.90. The monoisotopic (exact) mass is 368 g/mol. The first-order valence-electron chi connectivity index (χ1n) is 9.98. The Morgan fingerprint density at radius 3 is 2.81 bits per heavy atom. The highest BCUT2D eigenvalue weighted by Crippen LogP contribution is 2.29. The Morgan fingerprint density at radius 1 is 1.22 bits per heavy atom. The molecule has 4 rings (SSSR count). The van der Waals surface area contributed by atoms with E-state index in [0.717, 1.165) is 62.9 Å². The van der Waals surface area contributed by atoms with E-state index < -0.39 is 0 Å². The van der Waals surface area contributed by atoms with E-state index in [1.165, 1.54) is 0 Å². The van der Waals surface area contributed by atoms with Crippen molar-refractivity contribution in [3.05, 3.63) is 31.0 Å². The Kier molecular flexibility index (Phi) is 5.48. The van der Waals surface area contributed by atoms with Crippen LogP contribution < -0.4 is 5.32 Å². The molecule has 1 unspecified atom stereocenters. The number of carbonyl (C=O) groups excluding carboxylic acids is 1. The van der Waals surface area contributed by atoms with Gasteiger partial charge in [0.1, 0.15) is 6.33 Å². The highest BCUT2D eigenvalue weighted by molar-refractivity contribution is 5.79. The van der Waals surface area contributed by atoms with Crippen LogP contribution >= 0.6 is 0 Å². The number of aromatic nitrogens is 4. The minimum atomic E-state index is 0.156. The van der Waals surface area contributed by atoms with Gasteiger partial charge in [0.15, 0.2) is 0 Å². The van der Waals surface area contributed by atoms with Crippen LogP contribution in [-0.4, -0.2) is 56.7 Å². The fraction of sp³-hybridized carbons (Fsp3) is 0.600. The number of amides is 1. The van der Waals surface area contributed by atoms with Gasteiger partial charge in [-0.25, -0.2) is 9.97 Å². The van der Waals surface area contributed by atoms with E-state index in [1.54, 1.807) is 12.5 Å². The molecule has 0 aromatic carbocycles. The van der Waals surface area contributed by atoms with Crippen molar-refractivity contribution in [1.29, 1.82) is 0 Å². The average molecular weight is 368 g/mol. The zero-order chi connectivity index (χ0) is 18.6. The van der Waals surface area contributed by atoms with E-state index in [1.807, 2.05) is 12.3 Å². The molecular weight excluding hydrogens is 340 g/mol. The highest BCUT2D eigenvalue weighted by atomic mass is 16.2. The summed E-state index contributed by atoms with van der Waals surface area (Å²) in [7, 11) is 2.10. The van der Waals surface area contributed by atoms with Crippen LogP contribution in [0.4, 0.5) is 0 Å². The highest BCUT2D eigenvalue weighted by Gasteiger charge is 2.28. The molecule has 2 fully saturated rings. The summed E-state index contributed by atoms with van der Waals surface area (Å²) < 4.78 is 2.06. The van der Waals surface area contributed by atoms with Crippen molar-refractivity contribution in [1.82, 2.24) is 30.0 Å². The van der Waals surface area contributed by atoms with Gasteiger partial charge in [-0.1, -0.05) is 0 Å². The van der Waals surface area contributed by atoms with Crippen LogP contribution in [0.25, 0.3) is 11.3 Å². The van der Waals surface area contributed by atoms with Crippen molar-refractivity contribution in [3.63, 3.8) is 0 Å². The third-order valence-corrected chi connectivity index (χ3v) is 5.89. The lowest BCUT2D eigenvalue weighted by molar-refractivity contribution is -0.127. The Bertz CT molecular complexity index is 753. The van der Waals surface area contributed by atoms with Gasteiger partial charge in [-0.15, -0.1) is 0 Å². The number of hydrogen-bond acceptors (Lipinski definition) is 5. The van der Waals surface area contributed by atoms with Crippen LogP contribution in [0.5, 0.6) is 0 Å². The molecule has 7 heteroatoms. The van der Waals surface area contributed by atoms with E-state index in [4.69, 9.17) is 0 Å². The summed E-state index contributed by atoms with van der Waals surface area (Å²) in [5.74, 6) is 0.401. The van der Waals surface area contributed by atoms with Crippen molar-refractivity contribution in [2.75, 3.05) is 20.1 Å². The fourth-order valence-electron chi connectivity index (χ4n) is 4.32. The van der Waals surface area contributed by atoms with E-state index in [9.17, 15) is 4.79 Å². The van der Waals surface area contributed by atoms with Crippen LogP contribution in [0.15, 0.2) is 31.0 Å². The SMILES string of the molecule is CN1CCCC(C(=O)NC2CCC(n3cc(-c4ccncn4)cn3)CC2)C1. The molecule has 0 radical (unpaired) electrons. The van der Waals surface area contributed by atoms with Crippen LogP contribution in [0, 0.1) is 5.92 Å². The first-order chi connectivity index (χ1) is 13.2. The molecule has 2 aliphatic rings. The number of hydrogen-bond donors (Lipinski definition) is 1. The zero-order valence-electron chi connectivity index (χ0n) is 15.9. The number of piperidine rings is 1. The second-order valence-electron chi connectivity index (χ2n) is 7.92. The predicted molar refractivity (Wildman–Crippen MR) is 103 cm³/mol. The average Bonchev–Trinajstić information content (AvgIpc) is 3.19. The van der Waals surface area contributed by atoms with E-state index in [0.29, 0.717) is 12.1 Å². The van der Waals surface area contributed by atoms with Crippen molar-refractivity contribution in [2.24, 2.45) is 5.92 Å². The second kappa shape index (κ2) is 8.17. The first kappa shape index (κ1) is 18.1. The molecule has 1 saturated heterocycles. The van der Waals surface area contributed by atoms with Gasteiger partial charge in [0, 0.05) is 30.5 Å². The number of carbonyl (C=O) groups is 1. The van der Waals surface area contributed by atoms with Gasteiger partial charge in [-0.2, -0.15) is 5.10 Å². The van der Waals surface area contributed by atoms with Gasteiger partial charge >= 0.3 is 0 Å². The third kappa shape index (κ3) is 4.35. The molecule has 1 aliphatic heterocycles. The molecule has 2 aromatic rings. The van der Waals surface area contributed by atoms with Gasteiger partial charge in [0.2, 0.25) is 5.91 Å². The predicted octanol–water partition coefficient (Wildman–Crippen LogP) is 2.28. The molecule has 1 amide bonds. The van der Waals surface area contributed by atoms with Gasteiger partial charge in [0.25, 0.3) is 0 Å². The maximum absolute atomic E-state index is 12.6. The van der Waals surface area contributed by atoms with Crippen LogP contribution in [0.2, 0.25) is 0 Å². The van der Waals surface area contributed by atoms with Crippen molar-refractivity contribution >= 4 is 5.91 Å². The van der Waals surface area contributed by atoms with Crippen LogP contribution in [-0.2, 0) is 4.79 Å². The number of nitrogens with zero attached hydrogens (tertiary/aromatic N) is 5. The molecule has 1 saturated carbocycles. The van der Waals surface area contributed by atoms with Gasteiger partial charge in [0.05, 0.1) is 23.9 Å². The van der Waals surface area contributed by atoms with E-state index in [-0.39, 0.29) is 11.8 Å². The van der Waals surface area contributed by atoms with E-state index in [2.05, 4.69) is 43.2 Å². The number of rotatable bonds is 4. The summed E-state index contributed by atoms with van der Waals surface area (Å²) in [6, 6.07) is 2.60. The molecule has 0 bridgehead atoms. The quantitative estimate of drug-likeness (QED) is 0.896. The zero-order valence-corrected chi connectivity index (χ0v) is 15.9. The smallest absolute Gasteiger partial charge is 0.224 e. The second-order valence-corrected chi connectivity index (χ2v) is 7.92. The molecule has 1 aliphatic carbocycles. The van der Waals surface area contributed by atoms with Crippen LogP contribution in [0.1, 0.15) is 44.6 Å². The van der Waals surface area contributed by atoms with Crippen molar-refractivity contribution in [2.45, 2.75) is 50.6 Å². The minimum absolute atomic E-state index is 0.156. The summed E-state index contributed by atoms with van der Waals surface area (Å²) in [6.45, 7) is 2.00. The fourth-order valence-corrected chi connectivity index (χ4v) is 4.32. The molecule has 2 aromatic heterocycles. The minimum Gasteiger partial charge on any atom is -0.353 e. The maximum Gasteiger partial charge on any atom is 0.224 e. The van der Waals surface area contributed by atoms with Gasteiger partial charge in [-0.05, 0) is 58.2 Å². The molecule has 1 atom stereocenters. The molecule has 27 heavy (non-hydrogen) atoms. The number of likely N-dealkylation sites (tertiary alicyclic amines) is 1. The third-order valence-electron chi connectivity index (χ3n) is 5.89.